The van der Waals surface area contributed by atoms with Crippen LogP contribution in [-0.2, 0) is 11.0 Å². The fourth-order valence-electron chi connectivity index (χ4n) is 4.04. The lowest BCUT2D eigenvalue weighted by atomic mass is 9.91. The van der Waals surface area contributed by atoms with Crippen LogP contribution < -0.4 is 0 Å². The summed E-state index contributed by atoms with van der Waals surface area (Å²) in [7, 11) is 0. The zero-order valence-electron chi connectivity index (χ0n) is 16.7. The van der Waals surface area contributed by atoms with Crippen LogP contribution in [0, 0.1) is 6.92 Å². The Hall–Kier alpha value is -2.91. The summed E-state index contributed by atoms with van der Waals surface area (Å²) in [5, 5.41) is 7.99. The van der Waals surface area contributed by atoms with Crippen molar-refractivity contribution in [2.45, 2.75) is 51.2 Å². The van der Waals surface area contributed by atoms with E-state index in [4.69, 9.17) is 4.52 Å². The molecular weight excluding hydrogens is 399 g/mol. The second-order valence-corrected chi connectivity index (χ2v) is 7.78. The highest BCUT2D eigenvalue weighted by molar-refractivity contribution is 5.82. The molecule has 4 rings (SSSR count). The fourth-order valence-corrected chi connectivity index (χ4v) is 4.04. The molecule has 1 aliphatic heterocycles. The topological polar surface area (TPSA) is 77.0 Å². The van der Waals surface area contributed by atoms with Gasteiger partial charge in [0.1, 0.15) is 0 Å². The average molecular weight is 421 g/mol. The first kappa shape index (κ1) is 20.4. The molecule has 1 aliphatic rings. The molecule has 0 unspecified atom stereocenters. The number of pyridine rings is 1. The highest BCUT2D eigenvalue weighted by Crippen LogP contribution is 2.40. The standard InChI is InChI=1S/C20H22F3N5O2/c1-12-9-15(20(21,22)23)17-18(26-30-19(17)25-12)14-5-3-7-27(11-14)16(29)10-13(2)28-8-4-6-24-28/h4,6,8-9,13-14H,3,5,7,10-11H2,1-2H3/t13-,14-/m1/s1. The number of carbonyl (C=O) groups is 1. The minimum absolute atomic E-state index is 0.0551. The number of carbonyl (C=O) groups excluding carboxylic acids is 1. The molecule has 4 heterocycles. The summed E-state index contributed by atoms with van der Waals surface area (Å²) in [6, 6.07) is 2.70. The van der Waals surface area contributed by atoms with Crippen molar-refractivity contribution in [1.29, 1.82) is 0 Å². The van der Waals surface area contributed by atoms with Crippen molar-refractivity contribution in [2.24, 2.45) is 0 Å². The van der Waals surface area contributed by atoms with Crippen LogP contribution in [0.4, 0.5) is 13.2 Å². The zero-order valence-corrected chi connectivity index (χ0v) is 16.7. The van der Waals surface area contributed by atoms with Gasteiger partial charge < -0.3 is 9.42 Å². The number of hydrogen-bond donors (Lipinski definition) is 0. The van der Waals surface area contributed by atoms with E-state index >= 15 is 0 Å². The molecule has 1 saturated heterocycles. The predicted molar refractivity (Wildman–Crippen MR) is 102 cm³/mol. The third-order valence-corrected chi connectivity index (χ3v) is 5.51. The lowest BCUT2D eigenvalue weighted by Crippen LogP contribution is -2.40. The Balaban J connectivity index is 1.58. The van der Waals surface area contributed by atoms with Gasteiger partial charge in [0.25, 0.3) is 5.71 Å². The monoisotopic (exact) mass is 421 g/mol. The van der Waals surface area contributed by atoms with Gasteiger partial charge in [-0.25, -0.2) is 4.98 Å². The summed E-state index contributed by atoms with van der Waals surface area (Å²) < 4.78 is 47.8. The maximum atomic E-state index is 13.6. The van der Waals surface area contributed by atoms with Crippen molar-refractivity contribution in [2.75, 3.05) is 13.1 Å². The number of alkyl halides is 3. The molecule has 0 aliphatic carbocycles. The molecule has 1 amide bonds. The van der Waals surface area contributed by atoms with Crippen LogP contribution in [-0.4, -0.2) is 43.8 Å². The van der Waals surface area contributed by atoms with Gasteiger partial charge in [-0.2, -0.15) is 18.3 Å². The molecule has 0 aromatic carbocycles. The summed E-state index contributed by atoms with van der Waals surface area (Å²) in [6.07, 6.45) is 0.485. The second kappa shape index (κ2) is 7.73. The molecule has 0 N–H and O–H groups in total. The number of rotatable bonds is 4. The van der Waals surface area contributed by atoms with Crippen molar-refractivity contribution >= 4 is 17.0 Å². The van der Waals surface area contributed by atoms with Gasteiger partial charge in [0, 0.05) is 43.5 Å². The summed E-state index contributed by atoms with van der Waals surface area (Å²) in [5.41, 5.74) is -0.474. The van der Waals surface area contributed by atoms with Crippen molar-refractivity contribution in [3.8, 4) is 0 Å². The van der Waals surface area contributed by atoms with E-state index in [1.807, 2.05) is 6.92 Å². The first-order valence-corrected chi connectivity index (χ1v) is 9.85. The molecule has 10 heteroatoms. The number of amides is 1. The Kier molecular flexibility index (Phi) is 5.25. The molecule has 1 fully saturated rings. The number of nitrogens with zero attached hydrogens (tertiary/aromatic N) is 5. The Morgan fingerprint density at radius 3 is 2.90 bits per heavy atom. The predicted octanol–water partition coefficient (Wildman–Crippen LogP) is 4.10. The SMILES string of the molecule is Cc1cc(C(F)(F)F)c2c([C@@H]3CCCN(C(=O)C[C@@H](C)n4cccn4)C3)noc2n1. The molecule has 0 radical (unpaired) electrons. The molecule has 30 heavy (non-hydrogen) atoms. The Bertz CT molecular complexity index is 1040. The van der Waals surface area contributed by atoms with Crippen molar-refractivity contribution in [1.82, 2.24) is 24.8 Å². The number of piperidine rings is 1. The number of aryl methyl sites for hydroxylation is 1. The zero-order chi connectivity index (χ0) is 21.5. The van der Waals surface area contributed by atoms with Crippen molar-refractivity contribution in [3.05, 3.63) is 41.5 Å². The molecule has 7 nitrogen and oxygen atoms in total. The summed E-state index contributed by atoms with van der Waals surface area (Å²) >= 11 is 0. The van der Waals surface area contributed by atoms with Gasteiger partial charge >= 0.3 is 6.18 Å². The largest absolute Gasteiger partial charge is 0.417 e. The minimum Gasteiger partial charge on any atom is -0.342 e. The Labute approximate surface area is 170 Å². The van der Waals surface area contributed by atoms with Crippen molar-refractivity contribution < 1.29 is 22.5 Å². The average Bonchev–Trinajstić information content (AvgIpc) is 3.36. The van der Waals surface area contributed by atoms with E-state index in [1.165, 1.54) is 6.92 Å². The molecule has 2 atom stereocenters. The quantitative estimate of drug-likeness (QED) is 0.634. The van der Waals surface area contributed by atoms with E-state index in [0.29, 0.717) is 25.9 Å². The van der Waals surface area contributed by atoms with Gasteiger partial charge in [-0.15, -0.1) is 0 Å². The van der Waals surface area contributed by atoms with Gasteiger partial charge in [0.15, 0.2) is 0 Å². The van der Waals surface area contributed by atoms with E-state index < -0.39 is 11.7 Å². The number of fused-ring (bicyclic) bond motifs is 1. The van der Waals surface area contributed by atoms with Gasteiger partial charge in [0.2, 0.25) is 5.91 Å². The van der Waals surface area contributed by atoms with E-state index in [9.17, 15) is 18.0 Å². The molecule has 3 aromatic rings. The van der Waals surface area contributed by atoms with Crippen LogP contribution in [0.1, 0.15) is 55.1 Å². The molecule has 0 spiro atoms. The van der Waals surface area contributed by atoms with E-state index in [1.54, 1.807) is 28.0 Å². The number of halogens is 3. The van der Waals surface area contributed by atoms with Crippen LogP contribution in [0.3, 0.4) is 0 Å². The lowest BCUT2D eigenvalue weighted by molar-refractivity contribution is -0.136. The summed E-state index contributed by atoms with van der Waals surface area (Å²) in [5.74, 6) is -0.393. The minimum atomic E-state index is -4.55. The first-order valence-electron chi connectivity index (χ1n) is 9.85. The number of likely N-dealkylation sites (tertiary alicyclic amines) is 1. The first-order chi connectivity index (χ1) is 14.2. The van der Waals surface area contributed by atoms with Crippen LogP contribution in [0.5, 0.6) is 0 Å². The highest BCUT2D eigenvalue weighted by atomic mass is 19.4. The summed E-state index contributed by atoms with van der Waals surface area (Å²) in [4.78, 5) is 18.6. The smallest absolute Gasteiger partial charge is 0.342 e. The third kappa shape index (κ3) is 3.90. The van der Waals surface area contributed by atoms with Crippen LogP contribution in [0.25, 0.3) is 11.1 Å². The Morgan fingerprint density at radius 1 is 1.40 bits per heavy atom. The van der Waals surface area contributed by atoms with E-state index in [0.717, 1.165) is 6.07 Å². The Morgan fingerprint density at radius 2 is 2.20 bits per heavy atom. The van der Waals surface area contributed by atoms with Gasteiger partial charge in [-0.05, 0) is 38.8 Å². The maximum Gasteiger partial charge on any atom is 0.417 e. The van der Waals surface area contributed by atoms with E-state index in [2.05, 4.69) is 15.2 Å². The van der Waals surface area contributed by atoms with Crippen LogP contribution in [0.2, 0.25) is 0 Å². The van der Waals surface area contributed by atoms with Gasteiger partial charge in [-0.1, -0.05) is 5.16 Å². The lowest BCUT2D eigenvalue weighted by Gasteiger charge is -2.32. The van der Waals surface area contributed by atoms with Gasteiger partial charge in [0.05, 0.1) is 22.7 Å². The normalized spacial score (nSPS) is 18.7. The highest BCUT2D eigenvalue weighted by Gasteiger charge is 2.38. The van der Waals surface area contributed by atoms with Crippen LogP contribution in [0.15, 0.2) is 29.0 Å². The second-order valence-electron chi connectivity index (χ2n) is 7.78. The number of aromatic nitrogens is 4. The van der Waals surface area contributed by atoms with E-state index in [-0.39, 0.29) is 46.8 Å². The van der Waals surface area contributed by atoms with Crippen molar-refractivity contribution in [3.63, 3.8) is 0 Å². The molecule has 0 saturated carbocycles. The maximum absolute atomic E-state index is 13.6. The van der Waals surface area contributed by atoms with Gasteiger partial charge in [-0.3, -0.25) is 9.48 Å². The molecule has 0 bridgehead atoms. The molecule has 3 aromatic heterocycles. The fraction of sp³-hybridized carbons (Fsp3) is 0.500. The number of hydrogen-bond acceptors (Lipinski definition) is 5. The summed E-state index contributed by atoms with van der Waals surface area (Å²) in [6.45, 7) is 4.26. The molecular formula is C20H22F3N5O2. The molecule has 160 valence electrons. The third-order valence-electron chi connectivity index (χ3n) is 5.51. The van der Waals surface area contributed by atoms with Crippen LogP contribution >= 0.6 is 0 Å².